The first-order valence-corrected chi connectivity index (χ1v) is 7.21. The average molecular weight is 339 g/mol. The van der Waals surface area contributed by atoms with E-state index in [4.69, 9.17) is 4.74 Å². The maximum absolute atomic E-state index is 13.3. The largest absolute Gasteiger partial charge is 0.439 e. The van der Waals surface area contributed by atoms with Gasteiger partial charge in [-0.3, -0.25) is 0 Å². The maximum Gasteiger partial charge on any atom is 0.219 e. The van der Waals surface area contributed by atoms with Crippen LogP contribution in [-0.2, 0) is 0 Å². The van der Waals surface area contributed by atoms with Gasteiger partial charge in [-0.15, -0.1) is 0 Å². The molecule has 3 nitrogen and oxygen atoms in total. The first kappa shape index (κ1) is 14.9. The van der Waals surface area contributed by atoms with E-state index in [1.165, 1.54) is 12.1 Å². The Kier molecular flexibility index (Phi) is 5.09. The summed E-state index contributed by atoms with van der Waals surface area (Å²) < 4.78 is 19.5. The fourth-order valence-corrected chi connectivity index (χ4v) is 2.33. The molecule has 1 aromatic carbocycles. The van der Waals surface area contributed by atoms with Crippen molar-refractivity contribution in [3.05, 3.63) is 52.4 Å². The number of hydrogen-bond donors (Lipinski definition) is 1. The van der Waals surface area contributed by atoms with Crippen molar-refractivity contribution in [3.63, 3.8) is 0 Å². The third-order valence-electron chi connectivity index (χ3n) is 2.83. The van der Waals surface area contributed by atoms with E-state index in [1.807, 2.05) is 12.1 Å². The predicted molar refractivity (Wildman–Crippen MR) is 80.5 cm³/mol. The van der Waals surface area contributed by atoms with E-state index in [0.717, 1.165) is 12.1 Å². The van der Waals surface area contributed by atoms with Crippen LogP contribution in [-0.4, -0.2) is 11.5 Å². The lowest BCUT2D eigenvalue weighted by atomic mass is 10.1. The van der Waals surface area contributed by atoms with Gasteiger partial charge in [0.15, 0.2) is 0 Å². The molecule has 0 saturated carbocycles. The first-order valence-electron chi connectivity index (χ1n) is 6.41. The fourth-order valence-electron chi connectivity index (χ4n) is 1.88. The van der Waals surface area contributed by atoms with E-state index in [9.17, 15) is 4.39 Å². The molecule has 1 unspecified atom stereocenters. The smallest absolute Gasteiger partial charge is 0.219 e. The van der Waals surface area contributed by atoms with Crippen molar-refractivity contribution in [2.24, 2.45) is 0 Å². The van der Waals surface area contributed by atoms with E-state index in [1.54, 1.807) is 12.3 Å². The van der Waals surface area contributed by atoms with Crippen LogP contribution in [0, 0.1) is 5.82 Å². The molecular weight excluding hydrogens is 323 g/mol. The van der Waals surface area contributed by atoms with Crippen LogP contribution in [0.25, 0.3) is 0 Å². The van der Waals surface area contributed by atoms with Gasteiger partial charge in [-0.25, -0.2) is 9.37 Å². The van der Waals surface area contributed by atoms with Crippen molar-refractivity contribution in [2.75, 3.05) is 6.54 Å². The number of ether oxygens (including phenoxy) is 1. The molecule has 5 heteroatoms. The standard InChI is InChI=1S/C15H16BrFN2O/c1-3-18-10(2)11-4-5-19-15(6-11)20-14-8-12(16)7-13(17)9-14/h4-10,18H,3H2,1-2H3. The Morgan fingerprint density at radius 3 is 2.85 bits per heavy atom. The molecule has 106 valence electrons. The van der Waals surface area contributed by atoms with Crippen molar-refractivity contribution in [2.45, 2.75) is 19.9 Å². The highest BCUT2D eigenvalue weighted by Crippen LogP contribution is 2.26. The summed E-state index contributed by atoms with van der Waals surface area (Å²) in [5.74, 6) is 0.508. The molecule has 0 aliphatic carbocycles. The van der Waals surface area contributed by atoms with Gasteiger partial charge in [0.1, 0.15) is 11.6 Å². The van der Waals surface area contributed by atoms with Gasteiger partial charge in [-0.2, -0.15) is 0 Å². The topological polar surface area (TPSA) is 34.2 Å². The number of pyridine rings is 1. The van der Waals surface area contributed by atoms with Gasteiger partial charge in [-0.1, -0.05) is 22.9 Å². The van der Waals surface area contributed by atoms with Crippen LogP contribution in [0.3, 0.4) is 0 Å². The van der Waals surface area contributed by atoms with Gasteiger partial charge in [0.25, 0.3) is 0 Å². The fraction of sp³-hybridized carbons (Fsp3) is 0.267. The van der Waals surface area contributed by atoms with Gasteiger partial charge < -0.3 is 10.1 Å². The zero-order valence-electron chi connectivity index (χ0n) is 11.4. The number of rotatable bonds is 5. The second kappa shape index (κ2) is 6.81. The zero-order valence-corrected chi connectivity index (χ0v) is 12.9. The van der Waals surface area contributed by atoms with E-state index in [-0.39, 0.29) is 11.9 Å². The summed E-state index contributed by atoms with van der Waals surface area (Å²) >= 11 is 3.23. The second-order valence-corrected chi connectivity index (χ2v) is 5.33. The molecule has 0 aliphatic heterocycles. The van der Waals surface area contributed by atoms with Crippen LogP contribution in [0.1, 0.15) is 25.5 Å². The van der Waals surface area contributed by atoms with Crippen LogP contribution < -0.4 is 10.1 Å². The average Bonchev–Trinajstić information content (AvgIpc) is 2.38. The SMILES string of the molecule is CCNC(C)c1ccnc(Oc2cc(F)cc(Br)c2)c1. The van der Waals surface area contributed by atoms with Crippen LogP contribution >= 0.6 is 15.9 Å². The van der Waals surface area contributed by atoms with Crippen molar-refractivity contribution in [1.82, 2.24) is 10.3 Å². The van der Waals surface area contributed by atoms with Gasteiger partial charge >= 0.3 is 0 Å². The maximum atomic E-state index is 13.3. The minimum atomic E-state index is -0.355. The molecule has 1 N–H and O–H groups in total. The zero-order chi connectivity index (χ0) is 14.5. The predicted octanol–water partition coefficient (Wildman–Crippen LogP) is 4.45. The number of aromatic nitrogens is 1. The molecule has 0 spiro atoms. The number of halogens is 2. The highest BCUT2D eigenvalue weighted by atomic mass is 79.9. The van der Waals surface area contributed by atoms with Crippen molar-refractivity contribution in [1.29, 1.82) is 0 Å². The minimum absolute atomic E-state index is 0.213. The lowest BCUT2D eigenvalue weighted by molar-refractivity contribution is 0.455. The number of nitrogens with zero attached hydrogens (tertiary/aromatic N) is 1. The van der Waals surface area contributed by atoms with Crippen LogP contribution in [0.2, 0.25) is 0 Å². The quantitative estimate of drug-likeness (QED) is 0.874. The Morgan fingerprint density at radius 2 is 2.15 bits per heavy atom. The molecule has 1 aromatic heterocycles. The Labute approximate surface area is 126 Å². The number of nitrogens with one attached hydrogen (secondary N) is 1. The van der Waals surface area contributed by atoms with E-state index in [0.29, 0.717) is 16.1 Å². The van der Waals surface area contributed by atoms with Gasteiger partial charge in [0.05, 0.1) is 0 Å². The van der Waals surface area contributed by atoms with Gasteiger partial charge in [0, 0.05) is 28.8 Å². The molecule has 1 atom stereocenters. The third-order valence-corrected chi connectivity index (χ3v) is 3.29. The molecule has 0 fully saturated rings. The Balaban J connectivity index is 2.19. The summed E-state index contributed by atoms with van der Waals surface area (Å²) in [4.78, 5) is 4.15. The molecule has 0 bridgehead atoms. The van der Waals surface area contributed by atoms with Crippen LogP contribution in [0.15, 0.2) is 41.0 Å². The van der Waals surface area contributed by atoms with E-state index < -0.39 is 0 Å². The first-order chi connectivity index (χ1) is 9.58. The van der Waals surface area contributed by atoms with Crippen LogP contribution in [0.4, 0.5) is 4.39 Å². The molecule has 0 radical (unpaired) electrons. The lowest BCUT2D eigenvalue weighted by Crippen LogP contribution is -2.17. The van der Waals surface area contributed by atoms with Crippen molar-refractivity contribution in [3.8, 4) is 11.6 Å². The number of benzene rings is 1. The molecular formula is C15H16BrFN2O. The summed E-state index contributed by atoms with van der Waals surface area (Å²) in [5, 5.41) is 3.32. The molecule has 0 amide bonds. The Hall–Kier alpha value is -1.46. The normalized spacial score (nSPS) is 12.2. The monoisotopic (exact) mass is 338 g/mol. The second-order valence-electron chi connectivity index (χ2n) is 4.41. The molecule has 0 saturated heterocycles. The molecule has 2 aromatic rings. The summed E-state index contributed by atoms with van der Waals surface area (Å²) in [7, 11) is 0. The summed E-state index contributed by atoms with van der Waals surface area (Å²) in [6, 6.07) is 8.40. The number of hydrogen-bond acceptors (Lipinski definition) is 3. The summed E-state index contributed by atoms with van der Waals surface area (Å²) in [6.07, 6.45) is 1.69. The van der Waals surface area contributed by atoms with Gasteiger partial charge in [-0.05, 0) is 37.2 Å². The molecule has 2 rings (SSSR count). The Bertz CT molecular complexity index is 572. The van der Waals surface area contributed by atoms with E-state index >= 15 is 0 Å². The molecule has 1 heterocycles. The minimum Gasteiger partial charge on any atom is -0.439 e. The van der Waals surface area contributed by atoms with Crippen molar-refractivity contribution < 1.29 is 9.13 Å². The highest BCUT2D eigenvalue weighted by Gasteiger charge is 2.07. The third kappa shape index (κ3) is 4.02. The molecule has 20 heavy (non-hydrogen) atoms. The van der Waals surface area contributed by atoms with Crippen molar-refractivity contribution >= 4 is 15.9 Å². The highest BCUT2D eigenvalue weighted by molar-refractivity contribution is 9.10. The lowest BCUT2D eigenvalue weighted by Gasteiger charge is -2.13. The summed E-state index contributed by atoms with van der Waals surface area (Å²) in [5.41, 5.74) is 1.08. The Morgan fingerprint density at radius 1 is 1.35 bits per heavy atom. The molecule has 0 aliphatic rings. The van der Waals surface area contributed by atoms with E-state index in [2.05, 4.69) is 40.1 Å². The van der Waals surface area contributed by atoms with Crippen LogP contribution in [0.5, 0.6) is 11.6 Å². The van der Waals surface area contributed by atoms with Gasteiger partial charge in [0.2, 0.25) is 5.88 Å². The summed E-state index contributed by atoms with van der Waals surface area (Å²) in [6.45, 7) is 5.01.